The van der Waals surface area contributed by atoms with Gasteiger partial charge in [0.15, 0.2) is 0 Å². The second-order valence-electron chi connectivity index (χ2n) is 8.38. The van der Waals surface area contributed by atoms with E-state index in [-0.39, 0.29) is 16.8 Å². The Kier molecular flexibility index (Phi) is 7.13. The number of nitrogens with zero attached hydrogens (tertiary/aromatic N) is 2. The Morgan fingerprint density at radius 1 is 1.00 bits per heavy atom. The quantitative estimate of drug-likeness (QED) is 0.659. The second kappa shape index (κ2) is 10.0. The molecule has 0 spiro atoms. The van der Waals surface area contributed by atoms with Crippen molar-refractivity contribution < 1.29 is 17.9 Å². The molecule has 0 unspecified atom stereocenters. The Morgan fingerprint density at radius 2 is 1.66 bits per heavy atom. The van der Waals surface area contributed by atoms with Crippen LogP contribution in [0.5, 0.6) is 5.75 Å². The molecule has 2 saturated heterocycles. The van der Waals surface area contributed by atoms with E-state index in [9.17, 15) is 13.2 Å². The molecular weight excluding hydrogens is 426 g/mol. The van der Waals surface area contributed by atoms with Crippen molar-refractivity contribution in [1.82, 2.24) is 14.5 Å². The number of carbonyl (C=O) groups excluding carboxylic acids is 1. The van der Waals surface area contributed by atoms with Crippen molar-refractivity contribution in [1.29, 1.82) is 0 Å². The number of hydrogen-bond donors (Lipinski definition) is 1. The largest absolute Gasteiger partial charge is 0.497 e. The lowest BCUT2D eigenvalue weighted by atomic mass is 10.0. The third kappa shape index (κ3) is 4.98. The summed E-state index contributed by atoms with van der Waals surface area (Å²) in [5, 5.41) is 3.04. The minimum absolute atomic E-state index is 0.0615. The first kappa shape index (κ1) is 22.8. The van der Waals surface area contributed by atoms with E-state index in [2.05, 4.69) is 16.3 Å². The van der Waals surface area contributed by atoms with Crippen molar-refractivity contribution in [3.8, 4) is 5.75 Å². The summed E-state index contributed by atoms with van der Waals surface area (Å²) >= 11 is 0. The van der Waals surface area contributed by atoms with Gasteiger partial charge in [0.05, 0.1) is 18.0 Å². The highest BCUT2D eigenvalue weighted by Gasteiger charge is 2.28. The highest BCUT2D eigenvalue weighted by Crippen LogP contribution is 2.27. The Bertz CT molecular complexity index is 1030. The van der Waals surface area contributed by atoms with Gasteiger partial charge < -0.3 is 10.1 Å². The maximum atomic E-state index is 12.8. The molecule has 2 aromatic carbocycles. The molecule has 2 heterocycles. The van der Waals surface area contributed by atoms with E-state index < -0.39 is 10.0 Å². The predicted octanol–water partition coefficient (Wildman–Crippen LogP) is 3.05. The molecule has 1 atom stereocenters. The van der Waals surface area contributed by atoms with Gasteiger partial charge in [0.25, 0.3) is 5.91 Å². The number of methoxy groups -OCH3 is 1. The lowest BCUT2D eigenvalue weighted by Crippen LogP contribution is -2.36. The van der Waals surface area contributed by atoms with Crippen LogP contribution in [0.3, 0.4) is 0 Å². The van der Waals surface area contributed by atoms with E-state index in [0.29, 0.717) is 25.2 Å². The van der Waals surface area contributed by atoms with Crippen molar-refractivity contribution in [3.63, 3.8) is 0 Å². The molecule has 2 aliphatic rings. The van der Waals surface area contributed by atoms with Gasteiger partial charge in [0.1, 0.15) is 5.75 Å². The van der Waals surface area contributed by atoms with Crippen molar-refractivity contribution in [2.45, 2.75) is 36.6 Å². The van der Waals surface area contributed by atoms with Crippen LogP contribution in [0.25, 0.3) is 0 Å². The molecule has 4 rings (SSSR count). The van der Waals surface area contributed by atoms with E-state index in [4.69, 9.17) is 4.74 Å². The van der Waals surface area contributed by atoms with E-state index in [1.807, 2.05) is 18.2 Å². The summed E-state index contributed by atoms with van der Waals surface area (Å²) in [6, 6.07) is 14.3. The molecule has 0 aliphatic carbocycles. The number of amides is 1. The van der Waals surface area contributed by atoms with Gasteiger partial charge in [-0.2, -0.15) is 4.31 Å². The van der Waals surface area contributed by atoms with Gasteiger partial charge in [-0.05, 0) is 80.7 Å². The zero-order chi connectivity index (χ0) is 22.6. The molecule has 0 radical (unpaired) electrons. The maximum Gasteiger partial charge on any atom is 0.251 e. The molecular formula is C24H31N3O4S. The summed E-state index contributed by atoms with van der Waals surface area (Å²) in [7, 11) is -1.83. The zero-order valence-corrected chi connectivity index (χ0v) is 19.3. The minimum Gasteiger partial charge on any atom is -0.497 e. The fourth-order valence-corrected chi connectivity index (χ4v) is 6.02. The van der Waals surface area contributed by atoms with Crippen LogP contribution in [-0.4, -0.2) is 63.4 Å². The zero-order valence-electron chi connectivity index (χ0n) is 18.5. The first-order valence-corrected chi connectivity index (χ1v) is 12.7. The van der Waals surface area contributed by atoms with Gasteiger partial charge in [-0.15, -0.1) is 0 Å². The first-order chi connectivity index (χ1) is 15.5. The third-order valence-electron chi connectivity index (χ3n) is 6.34. The lowest BCUT2D eigenvalue weighted by molar-refractivity contribution is 0.0938. The van der Waals surface area contributed by atoms with Crippen molar-refractivity contribution >= 4 is 15.9 Å². The van der Waals surface area contributed by atoms with Crippen molar-refractivity contribution in [2.24, 2.45) is 0 Å². The SMILES string of the molecule is COc1cccc([C@@H](CNC(=O)c2ccc(S(=O)(=O)N3CCCC3)cc2)N2CCCC2)c1. The van der Waals surface area contributed by atoms with Crippen molar-refractivity contribution in [3.05, 3.63) is 59.7 Å². The molecule has 2 aromatic rings. The van der Waals surface area contributed by atoms with Crippen LogP contribution in [0.2, 0.25) is 0 Å². The van der Waals surface area contributed by atoms with Gasteiger partial charge in [0, 0.05) is 25.2 Å². The highest BCUT2D eigenvalue weighted by molar-refractivity contribution is 7.89. The summed E-state index contributed by atoms with van der Waals surface area (Å²) in [5.41, 5.74) is 1.56. The topological polar surface area (TPSA) is 78.9 Å². The lowest BCUT2D eigenvalue weighted by Gasteiger charge is -2.28. The number of rotatable bonds is 8. The Labute approximate surface area is 190 Å². The first-order valence-electron chi connectivity index (χ1n) is 11.3. The van der Waals surface area contributed by atoms with Crippen LogP contribution in [-0.2, 0) is 10.0 Å². The van der Waals surface area contributed by atoms with E-state index in [0.717, 1.165) is 50.1 Å². The molecule has 0 bridgehead atoms. The summed E-state index contributed by atoms with van der Waals surface area (Å²) in [6.07, 6.45) is 4.10. The van der Waals surface area contributed by atoms with Crippen molar-refractivity contribution in [2.75, 3.05) is 39.8 Å². The van der Waals surface area contributed by atoms with E-state index >= 15 is 0 Å². The number of nitrogens with one attached hydrogen (secondary N) is 1. The molecule has 1 amide bonds. The number of likely N-dealkylation sites (tertiary alicyclic amines) is 1. The van der Waals surface area contributed by atoms with Gasteiger partial charge in [0.2, 0.25) is 10.0 Å². The number of ether oxygens (including phenoxy) is 1. The molecule has 32 heavy (non-hydrogen) atoms. The highest BCUT2D eigenvalue weighted by atomic mass is 32.2. The third-order valence-corrected chi connectivity index (χ3v) is 8.25. The Hall–Kier alpha value is -2.42. The molecule has 172 valence electrons. The Balaban J connectivity index is 1.44. The Morgan fingerprint density at radius 3 is 2.31 bits per heavy atom. The van der Waals surface area contributed by atoms with E-state index in [1.165, 1.54) is 16.4 Å². The standard InChI is InChI=1S/C24H31N3O4S/c1-31-21-8-6-7-20(17-21)23(26-13-2-3-14-26)18-25-24(28)19-9-11-22(12-10-19)32(29,30)27-15-4-5-16-27/h6-12,17,23H,2-5,13-16,18H2,1H3,(H,25,28)/t23-/m1/s1. The van der Waals surface area contributed by atoms with Gasteiger partial charge in [-0.25, -0.2) is 8.42 Å². The monoisotopic (exact) mass is 457 g/mol. The number of sulfonamides is 1. The molecule has 0 saturated carbocycles. The van der Waals surface area contributed by atoms with Gasteiger partial charge in [-0.1, -0.05) is 12.1 Å². The average Bonchev–Trinajstić information content (AvgIpc) is 3.54. The summed E-state index contributed by atoms with van der Waals surface area (Å²) < 4.78 is 32.3. The molecule has 1 N–H and O–H groups in total. The fourth-order valence-electron chi connectivity index (χ4n) is 4.51. The number of benzene rings is 2. The predicted molar refractivity (Wildman–Crippen MR) is 123 cm³/mol. The number of carbonyl (C=O) groups is 1. The van der Waals surface area contributed by atoms with Crippen LogP contribution in [0.4, 0.5) is 0 Å². The van der Waals surface area contributed by atoms with Crippen LogP contribution in [0, 0.1) is 0 Å². The smallest absolute Gasteiger partial charge is 0.251 e. The normalized spacial score (nSPS) is 18.5. The number of hydrogen-bond acceptors (Lipinski definition) is 5. The fraction of sp³-hybridized carbons (Fsp3) is 0.458. The molecule has 7 nitrogen and oxygen atoms in total. The molecule has 0 aromatic heterocycles. The molecule has 8 heteroatoms. The summed E-state index contributed by atoms with van der Waals surface area (Å²) in [5.74, 6) is 0.593. The van der Waals surface area contributed by atoms with Gasteiger partial charge in [-0.3, -0.25) is 9.69 Å². The minimum atomic E-state index is -3.48. The summed E-state index contributed by atoms with van der Waals surface area (Å²) in [6.45, 7) is 3.60. The van der Waals surface area contributed by atoms with Crippen LogP contribution in [0.15, 0.2) is 53.4 Å². The molecule has 2 aliphatic heterocycles. The summed E-state index contributed by atoms with van der Waals surface area (Å²) in [4.78, 5) is 15.4. The van der Waals surface area contributed by atoms with Crippen LogP contribution < -0.4 is 10.1 Å². The van der Waals surface area contributed by atoms with E-state index in [1.54, 1.807) is 19.2 Å². The molecule has 2 fully saturated rings. The van der Waals surface area contributed by atoms with Crippen LogP contribution in [0.1, 0.15) is 47.6 Å². The second-order valence-corrected chi connectivity index (χ2v) is 10.3. The average molecular weight is 458 g/mol. The van der Waals surface area contributed by atoms with Gasteiger partial charge >= 0.3 is 0 Å². The van der Waals surface area contributed by atoms with Crippen LogP contribution >= 0.6 is 0 Å². The maximum absolute atomic E-state index is 12.8.